The van der Waals surface area contributed by atoms with Crippen molar-refractivity contribution >= 4 is 28.4 Å². The summed E-state index contributed by atoms with van der Waals surface area (Å²) in [5, 5.41) is 7.86. The molecule has 0 saturated heterocycles. The van der Waals surface area contributed by atoms with Crippen molar-refractivity contribution < 1.29 is 32.9 Å². The molecule has 0 atom stereocenters. The molecule has 1 N–H and O–H groups in total. The maximum absolute atomic E-state index is 14.1. The lowest BCUT2D eigenvalue weighted by atomic mass is 10.1. The van der Waals surface area contributed by atoms with Crippen LogP contribution >= 0.6 is 0 Å². The van der Waals surface area contributed by atoms with Gasteiger partial charge in [-0.3, -0.25) is 14.6 Å². The second-order valence-corrected chi connectivity index (χ2v) is 10.2. The normalized spacial score (nSPS) is 12.5. The second kappa shape index (κ2) is 12.0. The lowest BCUT2D eigenvalue weighted by molar-refractivity contribution is 0.100. The molecule has 0 radical (unpaired) electrons. The second-order valence-electron chi connectivity index (χ2n) is 10.2. The number of amides is 1. The Kier molecular flexibility index (Phi) is 7.80. The van der Waals surface area contributed by atoms with Gasteiger partial charge >= 0.3 is 0 Å². The highest BCUT2D eigenvalue weighted by molar-refractivity contribution is 6.04. The van der Waals surface area contributed by atoms with Gasteiger partial charge in [0.05, 0.1) is 50.0 Å². The van der Waals surface area contributed by atoms with Crippen LogP contribution in [-0.4, -0.2) is 52.3 Å². The molecule has 224 valence electrons. The van der Waals surface area contributed by atoms with Crippen molar-refractivity contribution in [2.45, 2.75) is 19.8 Å². The average molecular weight is 598 g/mol. The molecule has 3 heterocycles. The van der Waals surface area contributed by atoms with Crippen LogP contribution in [0, 0.1) is 11.7 Å². The molecule has 0 spiro atoms. The number of methoxy groups -OCH3 is 2. The van der Waals surface area contributed by atoms with Crippen molar-refractivity contribution in [3.8, 4) is 34.4 Å². The molecule has 1 aliphatic carbocycles. The van der Waals surface area contributed by atoms with E-state index in [0.29, 0.717) is 52.1 Å². The number of carbonyl (C=O) groups excluding carboxylic acids is 2. The number of aromatic nitrogens is 4. The van der Waals surface area contributed by atoms with E-state index in [1.807, 2.05) is 0 Å². The monoisotopic (exact) mass is 597 g/mol. The summed E-state index contributed by atoms with van der Waals surface area (Å²) in [4.78, 5) is 33.9. The summed E-state index contributed by atoms with van der Waals surface area (Å²) in [6.45, 7) is 1.73. The van der Waals surface area contributed by atoms with E-state index in [2.05, 4.69) is 20.4 Å². The molecule has 5 aromatic rings. The van der Waals surface area contributed by atoms with Gasteiger partial charge in [-0.05, 0) is 68.1 Å². The summed E-state index contributed by atoms with van der Waals surface area (Å²) in [5.74, 6) is 1.40. The average Bonchev–Trinajstić information content (AvgIpc) is 3.77. The van der Waals surface area contributed by atoms with Crippen LogP contribution in [0.5, 0.6) is 28.7 Å². The molecule has 0 unspecified atom stereocenters. The number of benzene rings is 2. The Labute approximate surface area is 251 Å². The quantitative estimate of drug-likeness (QED) is 0.182. The number of pyridine rings is 2. The van der Waals surface area contributed by atoms with Gasteiger partial charge in [0.2, 0.25) is 0 Å². The van der Waals surface area contributed by atoms with E-state index in [4.69, 9.17) is 18.9 Å². The molecule has 1 amide bonds. The van der Waals surface area contributed by atoms with Crippen molar-refractivity contribution in [2.75, 3.05) is 26.1 Å². The van der Waals surface area contributed by atoms with Gasteiger partial charge in [-0.15, -0.1) is 0 Å². The first-order valence-electron chi connectivity index (χ1n) is 13.8. The Morgan fingerprint density at radius 1 is 0.977 bits per heavy atom. The van der Waals surface area contributed by atoms with E-state index in [0.717, 1.165) is 12.8 Å². The number of ketones is 1. The summed E-state index contributed by atoms with van der Waals surface area (Å²) in [5.41, 5.74) is 1.02. The number of halogens is 1. The van der Waals surface area contributed by atoms with Gasteiger partial charge in [0.1, 0.15) is 23.1 Å². The fraction of sp³-hybridized carbons (Fsp3) is 0.219. The van der Waals surface area contributed by atoms with Crippen molar-refractivity contribution in [1.29, 1.82) is 0 Å². The summed E-state index contributed by atoms with van der Waals surface area (Å²) in [6.07, 6.45) is 6.77. The Balaban J connectivity index is 1.21. The lowest BCUT2D eigenvalue weighted by Crippen LogP contribution is -2.15. The number of hydrogen-bond donors (Lipinski definition) is 1. The van der Waals surface area contributed by atoms with Crippen LogP contribution in [0.25, 0.3) is 16.6 Å². The van der Waals surface area contributed by atoms with E-state index in [1.54, 1.807) is 56.9 Å². The minimum Gasteiger partial charge on any atom is -0.493 e. The molecule has 12 heteroatoms. The maximum atomic E-state index is 14.1. The third kappa shape index (κ3) is 6.00. The largest absolute Gasteiger partial charge is 0.493 e. The van der Waals surface area contributed by atoms with E-state index in [-0.39, 0.29) is 22.8 Å². The predicted molar refractivity (Wildman–Crippen MR) is 159 cm³/mol. The van der Waals surface area contributed by atoms with Crippen LogP contribution in [0.2, 0.25) is 0 Å². The van der Waals surface area contributed by atoms with Crippen molar-refractivity contribution in [3.63, 3.8) is 0 Å². The summed E-state index contributed by atoms with van der Waals surface area (Å²) >= 11 is 0. The third-order valence-corrected chi connectivity index (χ3v) is 7.07. The molecule has 0 bridgehead atoms. The smallest absolute Gasteiger partial charge is 0.281 e. The van der Waals surface area contributed by atoms with Gasteiger partial charge in [-0.2, -0.15) is 5.10 Å². The Bertz CT molecular complexity index is 1870. The fourth-order valence-electron chi connectivity index (χ4n) is 4.52. The number of nitrogens with one attached hydrogen (secondary N) is 1. The summed E-state index contributed by atoms with van der Waals surface area (Å²) in [7, 11) is 3.11. The van der Waals surface area contributed by atoms with E-state index in [9.17, 15) is 14.0 Å². The Morgan fingerprint density at radius 2 is 1.77 bits per heavy atom. The number of nitrogens with zero attached hydrogens (tertiary/aromatic N) is 4. The van der Waals surface area contributed by atoms with Gasteiger partial charge < -0.3 is 24.3 Å². The molecule has 11 nitrogen and oxygen atoms in total. The molecule has 0 aliphatic heterocycles. The van der Waals surface area contributed by atoms with Crippen LogP contribution in [0.4, 0.5) is 10.2 Å². The van der Waals surface area contributed by atoms with E-state index in [1.165, 1.54) is 36.0 Å². The summed E-state index contributed by atoms with van der Waals surface area (Å²) in [6, 6.07) is 12.6. The number of Topliss-reactive ketones (excluding diaryl/α,β-unsaturated/α-hetero) is 1. The number of hydrogen-bond acceptors (Lipinski definition) is 9. The predicted octanol–water partition coefficient (Wildman–Crippen LogP) is 6.01. The van der Waals surface area contributed by atoms with Crippen LogP contribution < -0.4 is 24.3 Å². The molecule has 2 aromatic carbocycles. The Morgan fingerprint density at radius 3 is 2.48 bits per heavy atom. The standard InChI is InChI=1S/C32H28FN5O6/c1-18(39)22-12-20(6-8-24(22)33)38-16-29(43-17-19-4-5-19)31(37-38)32(40)36-30-9-7-21(15-35-30)44-26-10-11-34-25-14-28(42-3)27(41-2)13-23(25)26/h6-16,19H,4-5,17H2,1-3H3,(H,35,36,40). The number of rotatable bonds is 11. The van der Waals surface area contributed by atoms with Gasteiger partial charge in [0, 0.05) is 17.6 Å². The van der Waals surface area contributed by atoms with Crippen LogP contribution in [0.1, 0.15) is 40.6 Å². The third-order valence-electron chi connectivity index (χ3n) is 7.07. The zero-order chi connectivity index (χ0) is 30.8. The first kappa shape index (κ1) is 28.6. The number of carbonyl (C=O) groups is 2. The number of anilines is 1. The first-order valence-corrected chi connectivity index (χ1v) is 13.8. The van der Waals surface area contributed by atoms with E-state index < -0.39 is 17.5 Å². The molecule has 1 saturated carbocycles. The van der Waals surface area contributed by atoms with Gasteiger partial charge in [0.25, 0.3) is 5.91 Å². The van der Waals surface area contributed by atoms with Crippen LogP contribution in [0.3, 0.4) is 0 Å². The van der Waals surface area contributed by atoms with Crippen LogP contribution in [-0.2, 0) is 0 Å². The van der Waals surface area contributed by atoms with Crippen LogP contribution in [0.15, 0.2) is 67.1 Å². The fourth-order valence-corrected chi connectivity index (χ4v) is 4.52. The highest BCUT2D eigenvalue weighted by Crippen LogP contribution is 2.37. The Hall–Kier alpha value is -5.52. The van der Waals surface area contributed by atoms with Gasteiger partial charge in [0.15, 0.2) is 28.7 Å². The SMILES string of the molecule is COc1cc2nccc(Oc3ccc(NC(=O)c4nn(-c5ccc(F)c(C(C)=O)c5)cc4OCC4CC4)nc3)c2cc1OC. The summed E-state index contributed by atoms with van der Waals surface area (Å²) < 4.78 is 38.3. The minimum atomic E-state index is -0.632. The van der Waals surface area contributed by atoms with Gasteiger partial charge in [-0.1, -0.05) is 0 Å². The molecular formula is C32H28FN5O6. The van der Waals surface area contributed by atoms with Gasteiger partial charge in [-0.25, -0.2) is 14.1 Å². The molecule has 1 aliphatic rings. The maximum Gasteiger partial charge on any atom is 0.281 e. The molecular weight excluding hydrogens is 569 g/mol. The topological polar surface area (TPSA) is 127 Å². The highest BCUT2D eigenvalue weighted by atomic mass is 19.1. The highest BCUT2D eigenvalue weighted by Gasteiger charge is 2.25. The molecule has 1 fully saturated rings. The number of ether oxygens (including phenoxy) is 4. The zero-order valence-electron chi connectivity index (χ0n) is 24.2. The number of fused-ring (bicyclic) bond motifs is 1. The minimum absolute atomic E-state index is 0.0223. The van der Waals surface area contributed by atoms with Crippen molar-refractivity contribution in [1.82, 2.24) is 19.7 Å². The first-order chi connectivity index (χ1) is 21.3. The van der Waals surface area contributed by atoms with Crippen molar-refractivity contribution in [2.24, 2.45) is 5.92 Å². The zero-order valence-corrected chi connectivity index (χ0v) is 24.2. The van der Waals surface area contributed by atoms with E-state index >= 15 is 0 Å². The van der Waals surface area contributed by atoms with Crippen molar-refractivity contribution in [3.05, 3.63) is 84.2 Å². The molecule has 3 aromatic heterocycles. The molecule has 6 rings (SSSR count). The molecule has 44 heavy (non-hydrogen) atoms. The lowest BCUT2D eigenvalue weighted by Gasteiger charge is -2.12.